The highest BCUT2D eigenvalue weighted by atomic mass is 35.5. The van der Waals surface area contributed by atoms with Crippen molar-refractivity contribution in [2.75, 3.05) is 11.9 Å². The molecule has 1 fully saturated rings. The largest absolute Gasteiger partial charge is 0.493 e. The lowest BCUT2D eigenvalue weighted by Gasteiger charge is -2.12. The van der Waals surface area contributed by atoms with Crippen molar-refractivity contribution in [3.05, 3.63) is 65.4 Å². The molecule has 0 bridgehead atoms. The number of fused-ring (bicyclic) bond motifs is 1. The third-order valence-corrected chi connectivity index (χ3v) is 5.39. The van der Waals surface area contributed by atoms with Crippen LogP contribution in [0.25, 0.3) is 10.9 Å². The Balaban J connectivity index is 0.00000240. The fourth-order valence-corrected chi connectivity index (χ4v) is 3.23. The average molecular weight is 431 g/mol. The van der Waals surface area contributed by atoms with Crippen molar-refractivity contribution in [1.82, 2.24) is 4.98 Å². The Morgan fingerprint density at radius 1 is 1.24 bits per heavy atom. The molecule has 1 aliphatic rings. The first kappa shape index (κ1) is 21.4. The van der Waals surface area contributed by atoms with Gasteiger partial charge < -0.3 is 10.1 Å². The molecular formula is C23H24Cl2N2O2. The number of carbonyl (C=O) groups is 1. The first-order valence-electron chi connectivity index (χ1n) is 9.59. The number of benzene rings is 2. The smallest absolute Gasteiger partial charge is 0.255 e. The number of nitrogens with zero attached hydrogens (tertiary/aromatic N) is 1. The molecule has 6 heteroatoms. The van der Waals surface area contributed by atoms with E-state index in [9.17, 15) is 4.79 Å². The molecule has 1 heterocycles. The Labute approximate surface area is 182 Å². The predicted octanol–water partition coefficient (Wildman–Crippen LogP) is 6.31. The number of halogens is 2. The van der Waals surface area contributed by atoms with E-state index < -0.39 is 0 Å². The third-order valence-electron chi connectivity index (χ3n) is 5.13. The number of anilines is 1. The summed E-state index contributed by atoms with van der Waals surface area (Å²) in [5.74, 6) is 1.36. The molecule has 4 rings (SSSR count). The summed E-state index contributed by atoms with van der Waals surface area (Å²) in [6.45, 7) is 4.65. The van der Waals surface area contributed by atoms with Gasteiger partial charge >= 0.3 is 0 Å². The quantitative estimate of drug-likeness (QED) is 0.466. The van der Waals surface area contributed by atoms with Gasteiger partial charge in [-0.05, 0) is 80.1 Å². The maximum atomic E-state index is 12.6. The Morgan fingerprint density at radius 2 is 1.97 bits per heavy atom. The van der Waals surface area contributed by atoms with Gasteiger partial charge in [-0.25, -0.2) is 0 Å². The highest BCUT2D eigenvalue weighted by Gasteiger charge is 2.21. The van der Waals surface area contributed by atoms with Gasteiger partial charge in [-0.15, -0.1) is 24.0 Å². The monoisotopic (exact) mass is 430 g/mol. The molecular weight excluding hydrogens is 407 g/mol. The van der Waals surface area contributed by atoms with Gasteiger partial charge in [0.25, 0.3) is 5.91 Å². The number of ether oxygens (including phenoxy) is 1. The van der Waals surface area contributed by atoms with Crippen molar-refractivity contribution in [3.63, 3.8) is 0 Å². The molecule has 1 aliphatic carbocycles. The number of carbonyl (C=O) groups excluding carboxylic acids is 1. The lowest BCUT2D eigenvalue weighted by Crippen LogP contribution is -2.13. The maximum absolute atomic E-state index is 12.6. The minimum atomic E-state index is -0.151. The number of pyridine rings is 1. The van der Waals surface area contributed by atoms with Crippen LogP contribution < -0.4 is 10.1 Å². The minimum Gasteiger partial charge on any atom is -0.493 e. The van der Waals surface area contributed by atoms with Gasteiger partial charge in [0.2, 0.25) is 0 Å². The van der Waals surface area contributed by atoms with Gasteiger partial charge in [0.05, 0.1) is 17.5 Å². The Kier molecular flexibility index (Phi) is 6.66. The summed E-state index contributed by atoms with van der Waals surface area (Å²) in [7, 11) is 0. The van der Waals surface area contributed by atoms with Crippen LogP contribution in [0.15, 0.2) is 48.7 Å². The zero-order valence-corrected chi connectivity index (χ0v) is 18.0. The second-order valence-electron chi connectivity index (χ2n) is 7.43. The molecule has 0 radical (unpaired) electrons. The van der Waals surface area contributed by atoms with E-state index in [4.69, 9.17) is 16.3 Å². The van der Waals surface area contributed by atoms with Crippen molar-refractivity contribution in [3.8, 4) is 5.75 Å². The van der Waals surface area contributed by atoms with Crippen LogP contribution >= 0.6 is 24.0 Å². The van der Waals surface area contributed by atoms with Crippen LogP contribution in [-0.2, 0) is 0 Å². The number of aryl methyl sites for hydroxylation is 1. The van der Waals surface area contributed by atoms with E-state index in [2.05, 4.69) is 10.3 Å². The van der Waals surface area contributed by atoms with Crippen LogP contribution in [0.3, 0.4) is 0 Å². The summed E-state index contributed by atoms with van der Waals surface area (Å²) < 4.78 is 5.73. The topological polar surface area (TPSA) is 51.2 Å². The molecule has 1 amide bonds. The highest BCUT2D eigenvalue weighted by Crippen LogP contribution is 2.30. The molecule has 1 N–H and O–H groups in total. The summed E-state index contributed by atoms with van der Waals surface area (Å²) in [6.07, 6.45) is 4.30. The van der Waals surface area contributed by atoms with E-state index in [1.54, 1.807) is 18.3 Å². The Bertz CT molecular complexity index is 1020. The molecule has 0 spiro atoms. The van der Waals surface area contributed by atoms with Gasteiger partial charge in [-0.2, -0.15) is 0 Å². The van der Waals surface area contributed by atoms with E-state index in [1.807, 2.05) is 44.2 Å². The van der Waals surface area contributed by atoms with Crippen LogP contribution in [-0.4, -0.2) is 17.5 Å². The van der Waals surface area contributed by atoms with Gasteiger partial charge in [0.15, 0.2) is 0 Å². The van der Waals surface area contributed by atoms with Gasteiger partial charge in [0.1, 0.15) is 5.75 Å². The van der Waals surface area contributed by atoms with Gasteiger partial charge in [-0.3, -0.25) is 9.78 Å². The zero-order chi connectivity index (χ0) is 19.7. The van der Waals surface area contributed by atoms with Crippen LogP contribution in [0.2, 0.25) is 0 Å². The lowest BCUT2D eigenvalue weighted by molar-refractivity contribution is 0.102. The fraction of sp³-hybridized carbons (Fsp3) is 0.304. The van der Waals surface area contributed by atoms with Crippen LogP contribution in [0.5, 0.6) is 5.75 Å². The fourth-order valence-electron chi connectivity index (χ4n) is 3.11. The highest BCUT2D eigenvalue weighted by molar-refractivity contribution is 6.20. The number of amides is 1. The molecule has 0 saturated heterocycles. The molecule has 2 aromatic carbocycles. The summed E-state index contributed by atoms with van der Waals surface area (Å²) >= 11 is 6.15. The second kappa shape index (κ2) is 9.02. The number of nitrogens with one attached hydrogen (secondary N) is 1. The number of alkyl halides is 1. The molecule has 0 aliphatic heterocycles. The third kappa shape index (κ3) is 5.01. The predicted molar refractivity (Wildman–Crippen MR) is 121 cm³/mol. The van der Waals surface area contributed by atoms with Crippen molar-refractivity contribution < 1.29 is 9.53 Å². The Hall–Kier alpha value is -2.30. The number of rotatable bonds is 6. The van der Waals surface area contributed by atoms with Gasteiger partial charge in [-0.1, -0.05) is 6.07 Å². The number of hydrogen-bond donors (Lipinski definition) is 1. The van der Waals surface area contributed by atoms with E-state index in [0.29, 0.717) is 11.5 Å². The van der Waals surface area contributed by atoms with E-state index in [1.165, 1.54) is 12.8 Å². The second-order valence-corrected chi connectivity index (χ2v) is 8.08. The normalized spacial score (nSPS) is 14.2. The average Bonchev–Trinajstić information content (AvgIpc) is 3.53. The lowest BCUT2D eigenvalue weighted by atomic mass is 10.1. The SMILES string of the molecule is Cc1c(NC(=O)c2ccc(OCC3CC3)cc2)ccc2cc(C(C)Cl)cnc12.Cl. The minimum absolute atomic E-state index is 0. The first-order valence-corrected chi connectivity index (χ1v) is 10.0. The molecule has 1 saturated carbocycles. The van der Waals surface area contributed by atoms with Crippen LogP contribution in [0.1, 0.15) is 46.6 Å². The van der Waals surface area contributed by atoms with Crippen molar-refractivity contribution in [1.29, 1.82) is 0 Å². The van der Waals surface area contributed by atoms with Crippen LogP contribution in [0, 0.1) is 12.8 Å². The first-order chi connectivity index (χ1) is 13.5. The molecule has 1 aromatic heterocycles. The molecule has 152 valence electrons. The Morgan fingerprint density at radius 3 is 2.62 bits per heavy atom. The maximum Gasteiger partial charge on any atom is 0.255 e. The summed E-state index contributed by atoms with van der Waals surface area (Å²) in [6, 6.07) is 13.2. The van der Waals surface area contributed by atoms with Gasteiger partial charge in [0, 0.05) is 22.8 Å². The van der Waals surface area contributed by atoms with E-state index in [-0.39, 0.29) is 23.7 Å². The standard InChI is InChI=1S/C23H23ClN2O2.ClH/c1-14-21(10-7-18-11-19(15(2)24)12-25-22(14)18)26-23(27)17-5-8-20(9-6-17)28-13-16-3-4-16;/h5-12,15-16H,3-4,13H2,1-2H3,(H,26,27);1H. The number of aromatic nitrogens is 1. The molecule has 1 atom stereocenters. The molecule has 4 nitrogen and oxygen atoms in total. The van der Waals surface area contributed by atoms with Crippen molar-refractivity contribution in [2.24, 2.45) is 5.92 Å². The van der Waals surface area contributed by atoms with E-state index >= 15 is 0 Å². The molecule has 3 aromatic rings. The van der Waals surface area contributed by atoms with Crippen LogP contribution in [0.4, 0.5) is 5.69 Å². The molecule has 29 heavy (non-hydrogen) atoms. The van der Waals surface area contributed by atoms with Crippen molar-refractivity contribution in [2.45, 2.75) is 32.1 Å². The summed E-state index contributed by atoms with van der Waals surface area (Å²) in [4.78, 5) is 17.2. The van der Waals surface area contributed by atoms with E-state index in [0.717, 1.165) is 40.1 Å². The molecule has 1 unspecified atom stereocenters. The summed E-state index contributed by atoms with van der Waals surface area (Å²) in [5, 5.41) is 3.91. The summed E-state index contributed by atoms with van der Waals surface area (Å²) in [5.41, 5.74) is 4.13. The number of hydrogen-bond acceptors (Lipinski definition) is 3. The van der Waals surface area contributed by atoms with Crippen molar-refractivity contribution >= 4 is 46.5 Å². The zero-order valence-electron chi connectivity index (χ0n) is 16.4.